The first-order chi connectivity index (χ1) is 28.3. The van der Waals surface area contributed by atoms with E-state index in [-0.39, 0.29) is 28.6 Å². The molecule has 3 aromatic rings. The van der Waals surface area contributed by atoms with Crippen LogP contribution in [-0.2, 0) is 0 Å². The third-order valence-corrected chi connectivity index (χ3v) is 6.66. The Morgan fingerprint density at radius 2 is 1.45 bits per heavy atom. The van der Waals surface area contributed by atoms with Crippen molar-refractivity contribution in [2.75, 3.05) is 37.3 Å². The lowest BCUT2D eigenvalue weighted by atomic mass is 9.97. The first kappa shape index (κ1) is 45.1. The van der Waals surface area contributed by atoms with E-state index in [0.29, 0.717) is 28.3 Å². The van der Waals surface area contributed by atoms with Crippen LogP contribution in [0.1, 0.15) is 48.6 Å². The molecule has 2 aromatic heterocycles. The number of anilines is 2. The molecule has 0 atom stereocenters. The maximum Gasteiger partial charge on any atom is 0.278 e. The van der Waals surface area contributed by atoms with Gasteiger partial charge in [-0.25, -0.2) is 15.0 Å². The Bertz CT molecular complexity index is 2590. The predicted octanol–water partition coefficient (Wildman–Crippen LogP) is 4.12. The lowest BCUT2D eigenvalue weighted by Gasteiger charge is -2.29. The summed E-state index contributed by atoms with van der Waals surface area (Å²) in [5, 5.41) is 25.8. The van der Waals surface area contributed by atoms with Crippen LogP contribution in [0.15, 0.2) is 62.6 Å². The van der Waals surface area contributed by atoms with Gasteiger partial charge in [0, 0.05) is 46.8 Å². The van der Waals surface area contributed by atoms with Crippen molar-refractivity contribution in [1.29, 1.82) is 0 Å². The molecule has 18 heteroatoms. The van der Waals surface area contributed by atoms with Gasteiger partial charge in [-0.1, -0.05) is 17.1 Å². The van der Waals surface area contributed by atoms with Crippen molar-refractivity contribution in [2.45, 2.75) is 26.7 Å². The van der Waals surface area contributed by atoms with Gasteiger partial charge in [-0.2, -0.15) is 0 Å². The molecule has 1 aliphatic heterocycles. The molecule has 0 unspecified atom stereocenters. The quantitative estimate of drug-likeness (QED) is 0.0714. The molecule has 0 aliphatic carbocycles. The second-order valence-corrected chi connectivity index (χ2v) is 10.6. The average molecular weight is 789 g/mol. The van der Waals surface area contributed by atoms with Gasteiger partial charge >= 0.3 is 0 Å². The van der Waals surface area contributed by atoms with Gasteiger partial charge in [0.1, 0.15) is 5.22 Å². The Labute approximate surface area is 346 Å². The van der Waals surface area contributed by atoms with Gasteiger partial charge in [0.15, 0.2) is 16.7 Å². The Hall–Kier alpha value is -9.09. The number of hydrogen-bond acceptors (Lipinski definition) is 11. The molecule has 1 aliphatic rings. The number of aromatic amines is 1. The van der Waals surface area contributed by atoms with E-state index in [1.807, 2.05) is 0 Å². The summed E-state index contributed by atoms with van der Waals surface area (Å²) in [6, 6.07) is 4.99. The number of carbonyl (C=O) groups is 1. The summed E-state index contributed by atoms with van der Waals surface area (Å²) in [7, 11) is 2.13. The Kier molecular flexibility index (Phi) is 22.1. The molecule has 302 valence electrons. The summed E-state index contributed by atoms with van der Waals surface area (Å²) in [6.07, 6.45) is 6.64. The van der Waals surface area contributed by atoms with Crippen molar-refractivity contribution < 1.29 is 21.2 Å². The van der Waals surface area contributed by atoms with E-state index >= 15 is 0 Å². The van der Waals surface area contributed by atoms with Gasteiger partial charge in [0.05, 0.1) is 22.3 Å². The first-order valence-corrected chi connectivity index (χ1v) is 16.5. The van der Waals surface area contributed by atoms with Crippen molar-refractivity contribution in [1.82, 2.24) is 30.4 Å². The van der Waals surface area contributed by atoms with E-state index in [1.54, 1.807) is 38.2 Å². The second kappa shape index (κ2) is 28.4. The third kappa shape index (κ3) is 19.7. The highest BCUT2D eigenvalue weighted by molar-refractivity contribution is 6.06. The highest BCUT2D eigenvalue weighted by Gasteiger charge is 2.19. The summed E-state index contributed by atoms with van der Waals surface area (Å²) >= 11 is 0. The Balaban J connectivity index is -0.000000167. The summed E-state index contributed by atoms with van der Waals surface area (Å²) in [4.78, 5) is 51.6. The van der Waals surface area contributed by atoms with Crippen molar-refractivity contribution in [3.63, 3.8) is 0 Å². The summed E-state index contributed by atoms with van der Waals surface area (Å²) in [5.74, 6) is 50.7. The van der Waals surface area contributed by atoms with Crippen molar-refractivity contribution in [2.24, 2.45) is 32.7 Å². The molecule has 1 amide bonds. The molecule has 4 rings (SSSR count). The van der Waals surface area contributed by atoms with E-state index in [4.69, 9.17) is 0 Å². The van der Waals surface area contributed by atoms with Crippen molar-refractivity contribution in [3.05, 3.63) is 63.1 Å². The fraction of sp³-hybridized carbons (Fsp3) is 0.225. The first-order valence-electron chi connectivity index (χ1n) is 16.5. The monoisotopic (exact) mass is 788 g/mol. The van der Waals surface area contributed by atoms with Crippen LogP contribution in [0.2, 0.25) is 0 Å². The number of nitrogens with zero attached hydrogens (tertiary/aromatic N) is 9. The molecule has 0 saturated carbocycles. The SMILES string of the molecule is CC#CC#CC#CC#CC#CC#CC#CC#CC#CC.CN1CCC(CNc2nccnc2C(=O)Nc2ccc3nc[nH]c(=O)c3c2)CC1.NN=NN=NN[N+](=O)[O-].[HH].[HH].[HH].[HH].[HH].[HH].[HH].[HH]. The molecule has 1 aromatic carbocycles. The number of aromatic nitrogens is 4. The molecule has 6 N–H and O–H groups in total. The minimum absolute atomic E-state index is 0. The van der Waals surface area contributed by atoms with Crippen molar-refractivity contribution in [3.8, 4) is 107 Å². The zero-order valence-corrected chi connectivity index (χ0v) is 31.3. The number of nitrogens with one attached hydrogen (secondary N) is 4. The maximum atomic E-state index is 12.8. The molecule has 18 nitrogen and oxygen atoms in total. The number of nitro groups is 1. The second-order valence-electron chi connectivity index (χ2n) is 10.6. The fourth-order valence-electron chi connectivity index (χ4n) is 4.14. The van der Waals surface area contributed by atoms with Gasteiger partial charge in [-0.15, -0.1) is 0 Å². The van der Waals surface area contributed by atoms with Gasteiger partial charge in [-0.3, -0.25) is 9.59 Å². The van der Waals surface area contributed by atoms with E-state index in [2.05, 4.69) is 176 Å². The number of piperidine rings is 1. The lowest BCUT2D eigenvalue weighted by molar-refractivity contribution is -0.546. The van der Waals surface area contributed by atoms with Crippen LogP contribution in [0.25, 0.3) is 10.9 Å². The average Bonchev–Trinajstić information content (AvgIpc) is 3.23. The van der Waals surface area contributed by atoms with E-state index < -0.39 is 5.03 Å². The molecule has 58 heavy (non-hydrogen) atoms. The van der Waals surface area contributed by atoms with Crippen LogP contribution in [0, 0.1) is 123 Å². The number of hydrogen-bond donors (Lipinski definition) is 5. The molecule has 1 fully saturated rings. The molecule has 0 spiro atoms. The van der Waals surface area contributed by atoms with E-state index in [9.17, 15) is 19.7 Å². The summed E-state index contributed by atoms with van der Waals surface area (Å²) < 4.78 is 0. The highest BCUT2D eigenvalue weighted by Crippen LogP contribution is 2.19. The minimum atomic E-state index is -0.907. The number of H-pyrrole nitrogens is 1. The summed E-state index contributed by atoms with van der Waals surface area (Å²) in [6.45, 7) is 6.32. The molecule has 1 saturated heterocycles. The van der Waals surface area contributed by atoms with Crippen LogP contribution in [0.3, 0.4) is 0 Å². The number of amides is 1. The number of carbonyl (C=O) groups excluding carboxylic acids is 1. The van der Waals surface area contributed by atoms with Crippen LogP contribution in [0.4, 0.5) is 11.5 Å². The largest absolute Gasteiger partial charge is 0.368 e. The fourth-order valence-corrected chi connectivity index (χ4v) is 4.14. The molecular formula is C40H48N14O4. The number of fused-ring (bicyclic) bond motifs is 1. The molecule has 3 heterocycles. The minimum Gasteiger partial charge on any atom is -0.368 e. The zero-order valence-electron chi connectivity index (χ0n) is 31.3. The standard InChI is InChI=1S/C20H23N7O2.C20H6.H3N7O2.8H2/c1-27-8-4-13(5-9-27)11-23-18-17(21-6-7-22-18)20(29)26-14-2-3-16-15(10-14)19(28)25-12-24-16;1-3-5-7-9-11-13-15-17-19-20-18-16-14-12-10-8-6-4-2;1-2-3-4-5-6-7(8)9;;;;;;;;/h2-3,6-7,10,12-13H,4-5,8-9,11H2,1H3,(H,22,23)(H,26,29)(H,24,25,28);1-2H3;(H2,1,3,5)(H,2,4,6);8*1H. The highest BCUT2D eigenvalue weighted by atomic mass is 16.7. The zero-order chi connectivity index (χ0) is 42.1. The van der Waals surface area contributed by atoms with Gasteiger partial charge in [-0.05, 0) is 166 Å². The van der Waals surface area contributed by atoms with Gasteiger partial charge in [0.2, 0.25) is 0 Å². The van der Waals surface area contributed by atoms with Crippen LogP contribution in [-0.4, -0.2) is 62.5 Å². The number of benzene rings is 1. The molecule has 0 radical (unpaired) electrons. The maximum absolute atomic E-state index is 12.8. The number of nitrogens with two attached hydrogens (primary N) is 1. The molecule has 0 bridgehead atoms. The van der Waals surface area contributed by atoms with E-state index in [1.165, 1.54) is 18.1 Å². The van der Waals surface area contributed by atoms with Gasteiger partial charge in [0.25, 0.3) is 11.5 Å². The normalized spacial score (nSPS) is 10.7. The predicted molar refractivity (Wildman–Crippen MR) is 233 cm³/mol. The summed E-state index contributed by atoms with van der Waals surface area (Å²) in [5.41, 5.74) is 2.37. The van der Waals surface area contributed by atoms with Crippen molar-refractivity contribution >= 4 is 28.3 Å². The smallest absolute Gasteiger partial charge is 0.278 e. The molecular weight excluding hydrogens is 741 g/mol. The third-order valence-electron chi connectivity index (χ3n) is 6.66. The van der Waals surface area contributed by atoms with Crippen LogP contribution < -0.4 is 27.6 Å². The Morgan fingerprint density at radius 3 is 1.98 bits per heavy atom. The van der Waals surface area contributed by atoms with Crippen LogP contribution in [0.5, 0.6) is 0 Å². The van der Waals surface area contributed by atoms with Gasteiger partial charge < -0.3 is 36.5 Å². The topological polar surface area (TPSA) is 247 Å². The number of likely N-dealkylation sites (tertiary alicyclic amines) is 1. The van der Waals surface area contributed by atoms with E-state index in [0.717, 1.165) is 32.5 Å². The van der Waals surface area contributed by atoms with Crippen LogP contribution >= 0.6 is 0 Å². The number of hydrazine groups is 1. The number of rotatable bonds is 8. The Morgan fingerprint density at radius 1 is 0.897 bits per heavy atom. The lowest BCUT2D eigenvalue weighted by Crippen LogP contribution is -2.33.